The minimum atomic E-state index is 0.328. The van der Waals surface area contributed by atoms with Crippen molar-refractivity contribution in [3.8, 4) is 11.9 Å². The van der Waals surface area contributed by atoms with Crippen molar-refractivity contribution in [2.75, 3.05) is 0 Å². The predicted octanol–water partition coefficient (Wildman–Crippen LogP) is 2.21. The van der Waals surface area contributed by atoms with E-state index in [1.54, 1.807) is 23.2 Å². The van der Waals surface area contributed by atoms with E-state index >= 15 is 0 Å². The Morgan fingerprint density at radius 3 is 2.93 bits per heavy atom. The van der Waals surface area contributed by atoms with E-state index in [-0.39, 0.29) is 0 Å². The summed E-state index contributed by atoms with van der Waals surface area (Å²) in [6.45, 7) is 1.97. The number of nitrogens with zero attached hydrogens (tertiary/aromatic N) is 4. The van der Waals surface area contributed by atoms with Crippen molar-refractivity contribution in [2.45, 2.75) is 6.92 Å². The van der Waals surface area contributed by atoms with Crippen LogP contribution in [-0.2, 0) is 0 Å². The highest BCUT2D eigenvalue weighted by Gasteiger charge is 2.09. The van der Waals surface area contributed by atoms with Gasteiger partial charge < -0.3 is 0 Å². The molecule has 0 amide bonds. The normalized spacial score (nSPS) is 9.93. The largest absolute Gasteiger partial charge is 0.274 e. The molecule has 5 heteroatoms. The Hall–Kier alpha value is -1.67. The molecule has 0 atom stereocenters. The van der Waals surface area contributed by atoms with Crippen molar-refractivity contribution in [3.05, 3.63) is 40.5 Å². The number of aryl methyl sites for hydroxylation is 1. The molecule has 2 rings (SSSR count). The molecule has 0 fully saturated rings. The SMILES string of the molecule is Cc1ccnc(-n2ccnc2C#N)c1Br. The van der Waals surface area contributed by atoms with Gasteiger partial charge in [0.1, 0.15) is 6.07 Å². The number of pyridine rings is 1. The van der Waals surface area contributed by atoms with Crippen LogP contribution in [0.5, 0.6) is 0 Å². The second-order valence-corrected chi connectivity index (χ2v) is 3.79. The van der Waals surface area contributed by atoms with Gasteiger partial charge in [-0.2, -0.15) is 5.26 Å². The topological polar surface area (TPSA) is 54.5 Å². The Morgan fingerprint density at radius 1 is 1.40 bits per heavy atom. The maximum absolute atomic E-state index is 8.85. The lowest BCUT2D eigenvalue weighted by molar-refractivity contribution is 0.954. The molecule has 0 N–H and O–H groups in total. The third kappa shape index (κ3) is 1.64. The van der Waals surface area contributed by atoms with Gasteiger partial charge in [0.2, 0.25) is 5.82 Å². The van der Waals surface area contributed by atoms with E-state index < -0.39 is 0 Å². The average molecular weight is 263 g/mol. The molecule has 2 aromatic heterocycles. The molecule has 2 heterocycles. The molecule has 0 spiro atoms. The van der Waals surface area contributed by atoms with Crippen LogP contribution >= 0.6 is 15.9 Å². The summed E-state index contributed by atoms with van der Waals surface area (Å²) < 4.78 is 2.52. The summed E-state index contributed by atoms with van der Waals surface area (Å²) in [5, 5.41) is 8.85. The van der Waals surface area contributed by atoms with E-state index in [1.165, 1.54) is 0 Å². The Labute approximate surface area is 95.3 Å². The van der Waals surface area contributed by atoms with E-state index in [0.717, 1.165) is 10.0 Å². The highest BCUT2D eigenvalue weighted by Crippen LogP contribution is 2.22. The maximum atomic E-state index is 8.85. The number of halogens is 1. The highest BCUT2D eigenvalue weighted by atomic mass is 79.9. The number of rotatable bonds is 1. The van der Waals surface area contributed by atoms with Crippen LogP contribution in [0.15, 0.2) is 29.1 Å². The van der Waals surface area contributed by atoms with Crippen molar-refractivity contribution in [3.63, 3.8) is 0 Å². The van der Waals surface area contributed by atoms with Crippen LogP contribution in [0.2, 0.25) is 0 Å². The minimum absolute atomic E-state index is 0.328. The summed E-state index contributed by atoms with van der Waals surface area (Å²) in [6, 6.07) is 3.91. The molecule has 0 aliphatic rings. The third-order valence-corrected chi connectivity index (χ3v) is 3.01. The molecule has 4 nitrogen and oxygen atoms in total. The standard InChI is InChI=1S/C10H7BrN4/c1-7-2-3-14-10(9(7)11)15-5-4-13-8(15)6-12/h2-5H,1H3. The van der Waals surface area contributed by atoms with Gasteiger partial charge in [0.15, 0.2) is 5.82 Å². The van der Waals surface area contributed by atoms with Crippen LogP contribution in [0.1, 0.15) is 11.4 Å². The first kappa shape index (κ1) is 9.87. The van der Waals surface area contributed by atoms with Gasteiger partial charge in [-0.25, -0.2) is 9.97 Å². The smallest absolute Gasteiger partial charge is 0.218 e. The second-order valence-electron chi connectivity index (χ2n) is 3.00. The fraction of sp³-hybridized carbons (Fsp3) is 0.100. The first-order chi connectivity index (χ1) is 7.24. The Kier molecular flexibility index (Phi) is 2.52. The summed E-state index contributed by atoms with van der Waals surface area (Å²) in [7, 11) is 0. The van der Waals surface area contributed by atoms with Crippen molar-refractivity contribution in [1.82, 2.24) is 14.5 Å². The lowest BCUT2D eigenvalue weighted by Crippen LogP contribution is -2.01. The molecule has 74 valence electrons. The monoisotopic (exact) mass is 262 g/mol. The van der Waals surface area contributed by atoms with Gasteiger partial charge in [0, 0.05) is 18.6 Å². The quantitative estimate of drug-likeness (QED) is 0.792. The van der Waals surface area contributed by atoms with Crippen molar-refractivity contribution < 1.29 is 0 Å². The van der Waals surface area contributed by atoms with Crippen LogP contribution in [0, 0.1) is 18.3 Å². The molecule has 0 aliphatic carbocycles. The van der Waals surface area contributed by atoms with Gasteiger partial charge in [0.05, 0.1) is 4.47 Å². The van der Waals surface area contributed by atoms with Crippen molar-refractivity contribution in [2.24, 2.45) is 0 Å². The number of imidazole rings is 1. The van der Waals surface area contributed by atoms with Crippen LogP contribution in [0.3, 0.4) is 0 Å². The minimum Gasteiger partial charge on any atom is -0.274 e. The maximum Gasteiger partial charge on any atom is 0.218 e. The Bertz CT molecular complexity index is 539. The van der Waals surface area contributed by atoms with Gasteiger partial charge in [-0.15, -0.1) is 0 Å². The van der Waals surface area contributed by atoms with E-state index in [0.29, 0.717) is 11.6 Å². The molecule has 0 aromatic carbocycles. The summed E-state index contributed by atoms with van der Waals surface area (Å²) in [5.74, 6) is 1.01. The molecule has 0 bridgehead atoms. The second kappa shape index (κ2) is 3.83. The molecule has 0 unspecified atom stereocenters. The zero-order valence-corrected chi connectivity index (χ0v) is 9.56. The summed E-state index contributed by atoms with van der Waals surface area (Å²) >= 11 is 3.44. The summed E-state index contributed by atoms with van der Waals surface area (Å²) in [6.07, 6.45) is 5.00. The zero-order chi connectivity index (χ0) is 10.8. The van der Waals surface area contributed by atoms with Gasteiger partial charge >= 0.3 is 0 Å². The van der Waals surface area contributed by atoms with Crippen LogP contribution < -0.4 is 0 Å². The molecular weight excluding hydrogens is 256 g/mol. The van der Waals surface area contributed by atoms with Gasteiger partial charge in [-0.05, 0) is 34.5 Å². The molecule has 0 aliphatic heterocycles. The lowest BCUT2D eigenvalue weighted by Gasteiger charge is -2.06. The Balaban J connectivity index is 2.65. The lowest BCUT2D eigenvalue weighted by atomic mass is 10.3. The van der Waals surface area contributed by atoms with Crippen LogP contribution in [-0.4, -0.2) is 14.5 Å². The first-order valence-electron chi connectivity index (χ1n) is 4.29. The van der Waals surface area contributed by atoms with Crippen LogP contribution in [0.4, 0.5) is 0 Å². The average Bonchev–Trinajstić information content (AvgIpc) is 2.70. The van der Waals surface area contributed by atoms with Gasteiger partial charge in [0.25, 0.3) is 0 Å². The number of aromatic nitrogens is 3. The highest BCUT2D eigenvalue weighted by molar-refractivity contribution is 9.10. The van der Waals surface area contributed by atoms with Crippen LogP contribution in [0.25, 0.3) is 5.82 Å². The third-order valence-electron chi connectivity index (χ3n) is 2.03. The number of hydrogen-bond donors (Lipinski definition) is 0. The van der Waals surface area contributed by atoms with Crippen molar-refractivity contribution in [1.29, 1.82) is 5.26 Å². The zero-order valence-electron chi connectivity index (χ0n) is 7.98. The number of hydrogen-bond acceptors (Lipinski definition) is 3. The first-order valence-corrected chi connectivity index (χ1v) is 5.08. The fourth-order valence-corrected chi connectivity index (χ4v) is 1.68. The molecule has 0 radical (unpaired) electrons. The molecule has 15 heavy (non-hydrogen) atoms. The van der Waals surface area contributed by atoms with E-state index in [1.807, 2.05) is 19.1 Å². The summed E-state index contributed by atoms with van der Waals surface area (Å²) in [5.41, 5.74) is 1.07. The van der Waals surface area contributed by atoms with E-state index in [9.17, 15) is 0 Å². The van der Waals surface area contributed by atoms with Gasteiger partial charge in [-0.3, -0.25) is 4.57 Å². The number of nitriles is 1. The molecular formula is C10H7BrN4. The molecule has 0 saturated carbocycles. The Morgan fingerprint density at radius 2 is 2.20 bits per heavy atom. The van der Waals surface area contributed by atoms with E-state index in [4.69, 9.17) is 5.26 Å². The predicted molar refractivity (Wildman–Crippen MR) is 58.5 cm³/mol. The van der Waals surface area contributed by atoms with Gasteiger partial charge in [-0.1, -0.05) is 0 Å². The van der Waals surface area contributed by atoms with E-state index in [2.05, 4.69) is 25.9 Å². The molecule has 0 saturated heterocycles. The van der Waals surface area contributed by atoms with Crippen molar-refractivity contribution >= 4 is 15.9 Å². The molecule has 2 aromatic rings. The fourth-order valence-electron chi connectivity index (χ4n) is 1.25. The summed E-state index contributed by atoms with van der Waals surface area (Å²) in [4.78, 5) is 8.14.